The zero-order chi connectivity index (χ0) is 32.4. The highest BCUT2D eigenvalue weighted by molar-refractivity contribution is 5.76. The monoisotopic (exact) mass is 622 g/mol. The molecule has 0 aliphatic heterocycles. The second-order valence-corrected chi connectivity index (χ2v) is 13.2. The summed E-state index contributed by atoms with van der Waals surface area (Å²) >= 11 is 0. The van der Waals surface area contributed by atoms with Gasteiger partial charge in [-0.2, -0.15) is 0 Å². The third kappa shape index (κ3) is 30.8. The summed E-state index contributed by atoms with van der Waals surface area (Å²) in [5.41, 5.74) is 0. The molecule has 0 rings (SSSR count). The Morgan fingerprint density at radius 1 is 0.568 bits per heavy atom. The normalized spacial score (nSPS) is 14.0. The van der Waals surface area contributed by atoms with Crippen molar-refractivity contribution in [2.45, 2.75) is 212 Å². The molecular formula is C39H75NO4. The molecule has 44 heavy (non-hydrogen) atoms. The van der Waals surface area contributed by atoms with E-state index in [4.69, 9.17) is 0 Å². The van der Waals surface area contributed by atoms with E-state index >= 15 is 0 Å². The predicted molar refractivity (Wildman–Crippen MR) is 190 cm³/mol. The van der Waals surface area contributed by atoms with Crippen LogP contribution in [0.15, 0.2) is 24.3 Å². The van der Waals surface area contributed by atoms with Crippen molar-refractivity contribution in [3.63, 3.8) is 0 Å². The molecule has 0 aromatic carbocycles. The summed E-state index contributed by atoms with van der Waals surface area (Å²) in [5, 5.41) is 33.0. The van der Waals surface area contributed by atoms with Crippen molar-refractivity contribution >= 4 is 5.91 Å². The average Bonchev–Trinajstić information content (AvgIpc) is 3.01. The van der Waals surface area contributed by atoms with E-state index in [2.05, 4.69) is 31.3 Å². The number of allylic oxidation sites excluding steroid dienone is 3. The fourth-order valence-corrected chi connectivity index (χ4v) is 5.74. The second-order valence-electron chi connectivity index (χ2n) is 13.2. The van der Waals surface area contributed by atoms with Gasteiger partial charge in [-0.25, -0.2) is 0 Å². The van der Waals surface area contributed by atoms with Gasteiger partial charge in [0.2, 0.25) is 5.91 Å². The van der Waals surface area contributed by atoms with Gasteiger partial charge in [-0.15, -0.1) is 0 Å². The molecule has 3 atom stereocenters. The number of carbonyl (C=O) groups excluding carboxylic acids is 1. The van der Waals surface area contributed by atoms with Gasteiger partial charge >= 0.3 is 0 Å². The summed E-state index contributed by atoms with van der Waals surface area (Å²) < 4.78 is 0. The van der Waals surface area contributed by atoms with Gasteiger partial charge in [0.25, 0.3) is 0 Å². The van der Waals surface area contributed by atoms with Crippen LogP contribution < -0.4 is 5.32 Å². The van der Waals surface area contributed by atoms with E-state index < -0.39 is 18.2 Å². The summed E-state index contributed by atoms with van der Waals surface area (Å²) in [5.74, 6) is -0.322. The fraction of sp³-hybridized carbons (Fsp3) is 0.872. The first-order valence-corrected chi connectivity index (χ1v) is 19.1. The SMILES string of the molecule is CCCCCCCCCCC/C=C\CCCCCCCC(O)CC(=O)NC(CO)C(O)/C=C/CCCCCCCCCCC. The Kier molecular flexibility index (Phi) is 33.8. The van der Waals surface area contributed by atoms with E-state index in [1.54, 1.807) is 6.08 Å². The van der Waals surface area contributed by atoms with E-state index in [-0.39, 0.29) is 18.9 Å². The maximum Gasteiger partial charge on any atom is 0.222 e. The fourth-order valence-electron chi connectivity index (χ4n) is 5.74. The minimum atomic E-state index is -0.926. The Morgan fingerprint density at radius 3 is 1.39 bits per heavy atom. The van der Waals surface area contributed by atoms with E-state index in [1.165, 1.54) is 128 Å². The third-order valence-corrected chi connectivity index (χ3v) is 8.73. The van der Waals surface area contributed by atoms with Crippen LogP contribution >= 0.6 is 0 Å². The lowest BCUT2D eigenvalue weighted by Crippen LogP contribution is -2.45. The van der Waals surface area contributed by atoms with Crippen molar-refractivity contribution in [1.29, 1.82) is 0 Å². The molecule has 260 valence electrons. The smallest absolute Gasteiger partial charge is 0.222 e. The second kappa shape index (κ2) is 34.7. The lowest BCUT2D eigenvalue weighted by atomic mass is 10.0. The molecule has 0 saturated heterocycles. The van der Waals surface area contributed by atoms with Crippen LogP contribution in [0.25, 0.3) is 0 Å². The molecule has 0 aromatic rings. The van der Waals surface area contributed by atoms with E-state index in [1.807, 2.05) is 6.08 Å². The van der Waals surface area contributed by atoms with Gasteiger partial charge in [0.05, 0.1) is 31.3 Å². The standard InChI is InChI=1S/C39H75NO4/c1-3-5-7-9-11-13-15-16-17-18-19-20-21-23-24-26-28-30-32-36(42)34-39(44)40-37(35-41)38(43)33-31-29-27-25-22-14-12-10-8-6-4-2/h19-20,31,33,36-38,41-43H,3-18,21-30,32,34-35H2,1-2H3,(H,40,44)/b20-19-,33-31+. The van der Waals surface area contributed by atoms with Crippen LogP contribution in [-0.2, 0) is 4.79 Å². The topological polar surface area (TPSA) is 89.8 Å². The van der Waals surface area contributed by atoms with Crippen LogP contribution in [-0.4, -0.2) is 46.1 Å². The maximum atomic E-state index is 12.4. The highest BCUT2D eigenvalue weighted by atomic mass is 16.3. The van der Waals surface area contributed by atoms with E-state index in [9.17, 15) is 20.1 Å². The number of aliphatic hydroxyl groups is 3. The molecule has 5 nitrogen and oxygen atoms in total. The van der Waals surface area contributed by atoms with Crippen LogP contribution in [0.5, 0.6) is 0 Å². The number of aliphatic hydroxyl groups excluding tert-OH is 3. The van der Waals surface area contributed by atoms with Gasteiger partial charge in [-0.1, -0.05) is 167 Å². The number of hydrogen-bond acceptors (Lipinski definition) is 4. The lowest BCUT2D eigenvalue weighted by Gasteiger charge is -2.21. The zero-order valence-electron chi connectivity index (χ0n) is 29.3. The molecular weight excluding hydrogens is 546 g/mol. The molecule has 0 spiro atoms. The molecule has 0 aliphatic carbocycles. The summed E-state index contributed by atoms with van der Waals surface area (Å²) in [6, 6.07) is -0.742. The van der Waals surface area contributed by atoms with Crippen molar-refractivity contribution in [3.8, 4) is 0 Å². The molecule has 0 aromatic heterocycles. The first-order valence-electron chi connectivity index (χ1n) is 19.1. The first kappa shape index (κ1) is 42.8. The van der Waals surface area contributed by atoms with Gasteiger partial charge < -0.3 is 20.6 Å². The minimum Gasteiger partial charge on any atom is -0.394 e. The summed E-state index contributed by atoms with van der Waals surface area (Å²) in [6.45, 7) is 4.18. The molecule has 0 saturated carbocycles. The van der Waals surface area contributed by atoms with Crippen LogP contribution in [0.2, 0.25) is 0 Å². The maximum absolute atomic E-state index is 12.4. The van der Waals surface area contributed by atoms with Crippen LogP contribution in [0, 0.1) is 0 Å². The third-order valence-electron chi connectivity index (χ3n) is 8.73. The van der Waals surface area contributed by atoms with Crippen LogP contribution in [0.1, 0.15) is 194 Å². The highest BCUT2D eigenvalue weighted by Gasteiger charge is 2.20. The molecule has 0 aliphatic rings. The molecule has 5 heteroatoms. The molecule has 1 amide bonds. The number of unbranched alkanes of at least 4 members (excludes halogenated alkanes) is 23. The Balaban J connectivity index is 3.71. The van der Waals surface area contributed by atoms with Crippen molar-refractivity contribution in [3.05, 3.63) is 24.3 Å². The highest BCUT2D eigenvalue weighted by Crippen LogP contribution is 2.14. The van der Waals surface area contributed by atoms with Crippen LogP contribution in [0.4, 0.5) is 0 Å². The van der Waals surface area contributed by atoms with Gasteiger partial charge in [-0.05, 0) is 44.9 Å². The van der Waals surface area contributed by atoms with E-state index in [0.29, 0.717) is 6.42 Å². The summed E-state index contributed by atoms with van der Waals surface area (Å²) in [6.07, 6.45) is 40.2. The van der Waals surface area contributed by atoms with Crippen molar-refractivity contribution in [2.75, 3.05) is 6.61 Å². The summed E-state index contributed by atoms with van der Waals surface area (Å²) in [4.78, 5) is 12.4. The molecule has 3 unspecified atom stereocenters. The minimum absolute atomic E-state index is 0.00906. The Labute approximate surface area is 273 Å². The Hall–Kier alpha value is -1.17. The lowest BCUT2D eigenvalue weighted by molar-refractivity contribution is -0.124. The number of amides is 1. The number of hydrogen-bond donors (Lipinski definition) is 4. The molecule has 4 N–H and O–H groups in total. The largest absolute Gasteiger partial charge is 0.394 e. The Bertz CT molecular complexity index is 650. The molecule has 0 radical (unpaired) electrons. The van der Waals surface area contributed by atoms with Crippen LogP contribution in [0.3, 0.4) is 0 Å². The zero-order valence-corrected chi connectivity index (χ0v) is 29.3. The van der Waals surface area contributed by atoms with Crippen molar-refractivity contribution in [2.24, 2.45) is 0 Å². The quantitative estimate of drug-likeness (QED) is 0.0425. The number of carbonyl (C=O) groups is 1. The van der Waals surface area contributed by atoms with Crippen molar-refractivity contribution < 1.29 is 20.1 Å². The molecule has 0 bridgehead atoms. The molecule has 0 fully saturated rings. The van der Waals surface area contributed by atoms with Gasteiger partial charge in [0.1, 0.15) is 0 Å². The van der Waals surface area contributed by atoms with E-state index in [0.717, 1.165) is 38.5 Å². The van der Waals surface area contributed by atoms with Crippen molar-refractivity contribution in [1.82, 2.24) is 5.32 Å². The Morgan fingerprint density at radius 2 is 0.955 bits per heavy atom. The summed E-state index contributed by atoms with van der Waals surface area (Å²) in [7, 11) is 0. The number of rotatable bonds is 34. The van der Waals surface area contributed by atoms with Gasteiger partial charge in [0.15, 0.2) is 0 Å². The molecule has 0 heterocycles. The average molecular weight is 622 g/mol. The van der Waals surface area contributed by atoms with Gasteiger partial charge in [-0.3, -0.25) is 4.79 Å². The first-order chi connectivity index (χ1) is 21.5. The van der Waals surface area contributed by atoms with Gasteiger partial charge in [0, 0.05) is 0 Å². The number of nitrogens with one attached hydrogen (secondary N) is 1. The predicted octanol–water partition coefficient (Wildman–Crippen LogP) is 10.3.